The fourth-order valence-electron chi connectivity index (χ4n) is 3.43. The summed E-state index contributed by atoms with van der Waals surface area (Å²) < 4.78 is 10.9. The van der Waals surface area contributed by atoms with Gasteiger partial charge in [-0.3, -0.25) is 10.6 Å². The number of hydrogen-bond acceptors (Lipinski definition) is 4. The Labute approximate surface area is 201 Å². The number of nitrogens with one attached hydrogen (secondary N) is 2. The second kappa shape index (κ2) is 13.0. The van der Waals surface area contributed by atoms with Crippen molar-refractivity contribution in [3.05, 3.63) is 96.1 Å². The Morgan fingerprint density at radius 1 is 0.618 bits per heavy atom. The number of benzene rings is 3. The Balaban J connectivity index is 1.34. The van der Waals surface area contributed by atoms with Gasteiger partial charge in [0.2, 0.25) is 0 Å². The van der Waals surface area contributed by atoms with Crippen LogP contribution >= 0.6 is 0 Å². The highest BCUT2D eigenvalue weighted by Crippen LogP contribution is 2.14. The number of rotatable bonds is 10. The van der Waals surface area contributed by atoms with Gasteiger partial charge in [0, 0.05) is 11.4 Å². The molecule has 6 heteroatoms. The molecule has 0 aliphatic heterocycles. The summed E-state index contributed by atoms with van der Waals surface area (Å²) in [6.07, 6.45) is 1.85. The molecular weight excluding hydrogens is 428 g/mol. The Hall–Kier alpha value is -3.80. The van der Waals surface area contributed by atoms with Crippen LogP contribution in [0.2, 0.25) is 0 Å². The molecule has 0 spiro atoms. The highest BCUT2D eigenvalue weighted by molar-refractivity contribution is 5.85. The fourth-order valence-corrected chi connectivity index (χ4v) is 3.43. The topological polar surface area (TPSA) is 76.7 Å². The summed E-state index contributed by atoms with van der Waals surface area (Å²) in [4.78, 5) is 24.0. The van der Waals surface area contributed by atoms with Gasteiger partial charge in [0.25, 0.3) is 0 Å². The molecule has 2 N–H and O–H groups in total. The van der Waals surface area contributed by atoms with E-state index in [1.807, 2.05) is 74.5 Å². The number of carbonyl (C=O) groups excluding carboxylic acids is 2. The van der Waals surface area contributed by atoms with Crippen LogP contribution in [0, 0.1) is 0 Å². The zero-order valence-corrected chi connectivity index (χ0v) is 19.7. The molecular formula is C28H32N2O4. The Bertz CT molecular complexity index is 939. The zero-order valence-electron chi connectivity index (χ0n) is 19.7. The van der Waals surface area contributed by atoms with E-state index in [0.29, 0.717) is 11.4 Å². The molecule has 0 saturated heterocycles. The Kier molecular flexibility index (Phi) is 9.52. The molecule has 3 rings (SSSR count). The van der Waals surface area contributed by atoms with E-state index < -0.39 is 12.2 Å². The molecule has 2 amide bonds. The third kappa shape index (κ3) is 8.98. The molecule has 0 fully saturated rings. The summed E-state index contributed by atoms with van der Waals surface area (Å²) >= 11 is 0. The van der Waals surface area contributed by atoms with E-state index in [4.69, 9.17) is 9.47 Å². The van der Waals surface area contributed by atoms with E-state index in [2.05, 4.69) is 34.9 Å². The highest BCUT2D eigenvalue weighted by atomic mass is 16.6. The third-order valence-corrected chi connectivity index (χ3v) is 5.36. The van der Waals surface area contributed by atoms with Crippen molar-refractivity contribution in [1.82, 2.24) is 0 Å². The molecule has 0 radical (unpaired) electrons. The SMILES string of the molecule is C[C@@H](CCc1ccc(CC[C@H](C)OC(=O)Nc2ccccc2)cc1)OC(=O)Nc1ccccc1. The Morgan fingerprint density at radius 2 is 0.971 bits per heavy atom. The van der Waals surface area contributed by atoms with Crippen LogP contribution in [0.3, 0.4) is 0 Å². The summed E-state index contributed by atoms with van der Waals surface area (Å²) in [6.45, 7) is 3.79. The van der Waals surface area contributed by atoms with Crippen molar-refractivity contribution in [3.8, 4) is 0 Å². The van der Waals surface area contributed by atoms with Crippen LogP contribution < -0.4 is 10.6 Å². The number of amides is 2. The van der Waals surface area contributed by atoms with Crippen LogP contribution in [0.1, 0.15) is 37.8 Å². The molecule has 0 aromatic heterocycles. The van der Waals surface area contributed by atoms with E-state index in [1.165, 1.54) is 11.1 Å². The molecule has 0 saturated carbocycles. The molecule has 178 valence electrons. The maximum Gasteiger partial charge on any atom is 0.411 e. The van der Waals surface area contributed by atoms with Crippen LogP contribution in [-0.2, 0) is 22.3 Å². The van der Waals surface area contributed by atoms with Gasteiger partial charge in [-0.2, -0.15) is 0 Å². The smallest absolute Gasteiger partial charge is 0.411 e. The minimum Gasteiger partial charge on any atom is -0.446 e. The summed E-state index contributed by atoms with van der Waals surface area (Å²) in [5, 5.41) is 5.46. The standard InChI is InChI=1S/C28H32N2O4/c1-21(33-27(31)29-25-9-5-3-6-10-25)13-15-23-17-19-24(20-18-23)16-14-22(2)34-28(32)30-26-11-7-4-8-12-26/h3-12,17-22H,13-16H2,1-2H3,(H,29,31)(H,30,32)/t21-,22-/m0/s1. The fraction of sp³-hybridized carbons (Fsp3) is 0.286. The van der Waals surface area contributed by atoms with E-state index in [-0.39, 0.29) is 12.2 Å². The van der Waals surface area contributed by atoms with Gasteiger partial charge in [-0.15, -0.1) is 0 Å². The highest BCUT2D eigenvalue weighted by Gasteiger charge is 2.11. The van der Waals surface area contributed by atoms with Crippen LogP contribution in [0.5, 0.6) is 0 Å². The molecule has 0 bridgehead atoms. The number of ether oxygens (including phenoxy) is 2. The van der Waals surface area contributed by atoms with Gasteiger partial charge in [0.1, 0.15) is 12.2 Å². The Morgan fingerprint density at radius 3 is 1.32 bits per heavy atom. The first-order chi connectivity index (χ1) is 16.5. The van der Waals surface area contributed by atoms with Crippen molar-refractivity contribution < 1.29 is 19.1 Å². The minimum absolute atomic E-state index is 0.191. The number of anilines is 2. The summed E-state index contributed by atoms with van der Waals surface area (Å²) in [5.74, 6) is 0. The molecule has 34 heavy (non-hydrogen) atoms. The summed E-state index contributed by atoms with van der Waals surface area (Å²) in [6, 6.07) is 26.9. The van der Waals surface area contributed by atoms with Gasteiger partial charge >= 0.3 is 12.2 Å². The van der Waals surface area contributed by atoms with Crippen LogP contribution in [-0.4, -0.2) is 24.4 Å². The molecule has 0 unspecified atom stereocenters. The predicted octanol–water partition coefficient (Wildman–Crippen LogP) is 6.83. The van der Waals surface area contributed by atoms with E-state index in [0.717, 1.165) is 25.7 Å². The van der Waals surface area contributed by atoms with Crippen molar-refractivity contribution in [2.45, 2.75) is 51.7 Å². The van der Waals surface area contributed by atoms with Crippen molar-refractivity contribution in [2.75, 3.05) is 10.6 Å². The first kappa shape index (κ1) is 24.8. The van der Waals surface area contributed by atoms with E-state index in [9.17, 15) is 9.59 Å². The monoisotopic (exact) mass is 460 g/mol. The minimum atomic E-state index is -0.442. The average Bonchev–Trinajstić information content (AvgIpc) is 2.83. The van der Waals surface area contributed by atoms with Gasteiger partial charge in [0.15, 0.2) is 0 Å². The molecule has 0 aliphatic carbocycles. The molecule has 3 aromatic carbocycles. The average molecular weight is 461 g/mol. The second-order valence-corrected chi connectivity index (χ2v) is 8.31. The van der Waals surface area contributed by atoms with Gasteiger partial charge in [-0.1, -0.05) is 60.7 Å². The maximum atomic E-state index is 12.0. The first-order valence-electron chi connectivity index (χ1n) is 11.6. The quantitative estimate of drug-likeness (QED) is 0.348. The molecule has 0 heterocycles. The van der Waals surface area contributed by atoms with Crippen molar-refractivity contribution in [1.29, 1.82) is 0 Å². The number of hydrogen-bond donors (Lipinski definition) is 2. The first-order valence-corrected chi connectivity index (χ1v) is 11.6. The van der Waals surface area contributed by atoms with Crippen LogP contribution in [0.4, 0.5) is 21.0 Å². The van der Waals surface area contributed by atoms with Crippen molar-refractivity contribution >= 4 is 23.6 Å². The van der Waals surface area contributed by atoms with Gasteiger partial charge < -0.3 is 9.47 Å². The van der Waals surface area contributed by atoms with E-state index >= 15 is 0 Å². The lowest BCUT2D eigenvalue weighted by atomic mass is 10.0. The molecule has 0 aliphatic rings. The lowest BCUT2D eigenvalue weighted by Gasteiger charge is -2.15. The van der Waals surface area contributed by atoms with Crippen molar-refractivity contribution in [2.24, 2.45) is 0 Å². The van der Waals surface area contributed by atoms with Gasteiger partial charge in [0.05, 0.1) is 0 Å². The largest absolute Gasteiger partial charge is 0.446 e. The summed E-state index contributed by atoms with van der Waals surface area (Å²) in [7, 11) is 0. The molecule has 2 atom stereocenters. The lowest BCUT2D eigenvalue weighted by molar-refractivity contribution is 0.115. The van der Waals surface area contributed by atoms with Gasteiger partial charge in [-0.25, -0.2) is 9.59 Å². The third-order valence-electron chi connectivity index (χ3n) is 5.36. The normalized spacial score (nSPS) is 12.3. The van der Waals surface area contributed by atoms with Crippen LogP contribution in [0.15, 0.2) is 84.9 Å². The van der Waals surface area contributed by atoms with Gasteiger partial charge in [-0.05, 0) is 74.9 Å². The number of carbonyl (C=O) groups is 2. The zero-order chi connectivity index (χ0) is 24.2. The number of para-hydroxylation sites is 2. The second-order valence-electron chi connectivity index (χ2n) is 8.31. The number of aryl methyl sites for hydroxylation is 2. The van der Waals surface area contributed by atoms with E-state index in [1.54, 1.807) is 0 Å². The lowest BCUT2D eigenvalue weighted by Crippen LogP contribution is -2.20. The van der Waals surface area contributed by atoms with Crippen molar-refractivity contribution in [3.63, 3.8) is 0 Å². The molecule has 3 aromatic rings. The summed E-state index contributed by atoms with van der Waals surface area (Å²) in [5.41, 5.74) is 3.81. The van der Waals surface area contributed by atoms with Crippen LogP contribution in [0.25, 0.3) is 0 Å². The predicted molar refractivity (Wildman–Crippen MR) is 135 cm³/mol. The molecule has 6 nitrogen and oxygen atoms in total. The maximum absolute atomic E-state index is 12.0.